The Hall–Kier alpha value is -1.34. The third-order valence-corrected chi connectivity index (χ3v) is 4.67. The third kappa shape index (κ3) is 3.77. The maximum atomic E-state index is 14.3. The summed E-state index contributed by atoms with van der Waals surface area (Å²) in [5, 5.41) is 11.6. The Morgan fingerprint density at radius 1 is 1.43 bits per heavy atom. The Labute approximate surface area is 147 Å². The first-order valence-corrected chi connectivity index (χ1v) is 8.65. The summed E-state index contributed by atoms with van der Waals surface area (Å²) >= 11 is 4.55. The molecule has 2 rings (SSSR count). The number of carbonyl (C=O) groups is 1. The molecule has 7 heteroatoms. The number of hydrogen-bond donors (Lipinski definition) is 1. The Kier molecular flexibility index (Phi) is 4.92. The summed E-state index contributed by atoms with van der Waals surface area (Å²) in [5.41, 5.74) is -1.23. The molecule has 124 valence electrons. The quantitative estimate of drug-likeness (QED) is 0.704. The highest BCUT2D eigenvalue weighted by Crippen LogP contribution is 2.37. The van der Waals surface area contributed by atoms with Gasteiger partial charge in [-0.2, -0.15) is 0 Å². The van der Waals surface area contributed by atoms with Gasteiger partial charge in [0.1, 0.15) is 11.4 Å². The lowest BCUT2D eigenvalue weighted by atomic mass is 9.92. The van der Waals surface area contributed by atoms with Crippen LogP contribution in [0.2, 0.25) is 0 Å². The van der Waals surface area contributed by atoms with Crippen molar-refractivity contribution in [2.45, 2.75) is 38.8 Å². The van der Waals surface area contributed by atoms with E-state index in [0.29, 0.717) is 10.7 Å². The average Bonchev–Trinajstić information content (AvgIpc) is 2.39. The van der Waals surface area contributed by atoms with E-state index in [1.165, 1.54) is 22.7 Å². The summed E-state index contributed by atoms with van der Waals surface area (Å²) in [6.45, 7) is 7.13. The summed E-state index contributed by atoms with van der Waals surface area (Å²) in [6.07, 6.45) is 0.686. The number of amides is 1. The van der Waals surface area contributed by atoms with E-state index in [-0.39, 0.29) is 5.82 Å². The largest absolute Gasteiger partial charge is 0.465 e. The Balaban J connectivity index is 2.54. The van der Waals surface area contributed by atoms with Crippen LogP contribution in [0.25, 0.3) is 0 Å². The molecule has 0 spiro atoms. The highest BCUT2D eigenvalue weighted by Gasteiger charge is 2.36. The molecule has 4 nitrogen and oxygen atoms in total. The van der Waals surface area contributed by atoms with Crippen molar-refractivity contribution in [2.24, 2.45) is 4.99 Å². The molecule has 1 aromatic carbocycles. The first-order chi connectivity index (χ1) is 10.5. The zero-order chi connectivity index (χ0) is 17.4. The fraction of sp³-hybridized carbons (Fsp3) is 0.375. The van der Waals surface area contributed by atoms with E-state index in [4.69, 9.17) is 0 Å². The molecule has 0 saturated heterocycles. The van der Waals surface area contributed by atoms with Gasteiger partial charge >= 0.3 is 6.09 Å². The second kappa shape index (κ2) is 6.28. The molecule has 0 aromatic heterocycles. The molecular weight excluding hydrogens is 383 g/mol. The molecule has 1 aromatic rings. The van der Waals surface area contributed by atoms with E-state index in [9.17, 15) is 14.3 Å². The van der Waals surface area contributed by atoms with Gasteiger partial charge in [-0.05, 0) is 57.4 Å². The smallest absolute Gasteiger partial charge is 0.413 e. The number of aliphatic imine (C=N–C) groups is 1. The van der Waals surface area contributed by atoms with Crippen molar-refractivity contribution in [1.82, 2.24) is 4.90 Å². The van der Waals surface area contributed by atoms with E-state index in [0.717, 1.165) is 4.47 Å². The summed E-state index contributed by atoms with van der Waals surface area (Å²) in [5.74, 6) is -0.381. The molecule has 1 heterocycles. The van der Waals surface area contributed by atoms with E-state index < -0.39 is 17.2 Å². The van der Waals surface area contributed by atoms with E-state index in [2.05, 4.69) is 20.9 Å². The van der Waals surface area contributed by atoms with Crippen LogP contribution in [0.3, 0.4) is 0 Å². The highest BCUT2D eigenvalue weighted by molar-refractivity contribution is 9.10. The molecule has 1 atom stereocenters. The third-order valence-electron chi connectivity index (χ3n) is 3.42. The van der Waals surface area contributed by atoms with Crippen molar-refractivity contribution in [1.29, 1.82) is 0 Å². The number of amidine groups is 1. The predicted octanol–water partition coefficient (Wildman–Crippen LogP) is 5.20. The summed E-state index contributed by atoms with van der Waals surface area (Å²) in [6, 6.07) is 4.65. The predicted molar refractivity (Wildman–Crippen MR) is 95.2 cm³/mol. The maximum absolute atomic E-state index is 14.3. The molecule has 0 fully saturated rings. The number of hydrogen-bond acceptors (Lipinski definition) is 3. The number of halogens is 2. The Morgan fingerprint density at radius 2 is 2.09 bits per heavy atom. The van der Waals surface area contributed by atoms with Crippen LogP contribution in [-0.2, 0) is 5.54 Å². The van der Waals surface area contributed by atoms with Gasteiger partial charge < -0.3 is 5.11 Å². The second-order valence-electron chi connectivity index (χ2n) is 6.38. The van der Waals surface area contributed by atoms with Crippen molar-refractivity contribution in [3.8, 4) is 0 Å². The van der Waals surface area contributed by atoms with E-state index in [1.807, 2.05) is 0 Å². The molecule has 1 aliphatic heterocycles. The number of carboxylic acid groups (broad SMARTS) is 1. The molecule has 1 amide bonds. The minimum atomic E-state index is -1.09. The molecule has 0 saturated carbocycles. The van der Waals surface area contributed by atoms with Gasteiger partial charge in [-0.3, -0.25) is 4.90 Å². The lowest BCUT2D eigenvalue weighted by Gasteiger charge is -2.36. The van der Waals surface area contributed by atoms with Crippen LogP contribution in [0.15, 0.2) is 39.1 Å². The fourth-order valence-corrected chi connectivity index (χ4v) is 3.80. The Morgan fingerprint density at radius 3 is 2.65 bits per heavy atom. The molecule has 0 radical (unpaired) electrons. The topological polar surface area (TPSA) is 52.9 Å². The number of benzene rings is 1. The lowest BCUT2D eigenvalue weighted by molar-refractivity contribution is 0.142. The molecule has 1 aliphatic rings. The van der Waals surface area contributed by atoms with Crippen molar-refractivity contribution < 1.29 is 14.3 Å². The molecule has 1 N–H and O–H groups in total. The van der Waals surface area contributed by atoms with Crippen LogP contribution >= 0.6 is 27.7 Å². The van der Waals surface area contributed by atoms with Gasteiger partial charge in [-0.25, -0.2) is 14.2 Å². The van der Waals surface area contributed by atoms with E-state index in [1.54, 1.807) is 51.3 Å². The minimum Gasteiger partial charge on any atom is -0.465 e. The van der Waals surface area contributed by atoms with Crippen molar-refractivity contribution in [3.63, 3.8) is 0 Å². The lowest BCUT2D eigenvalue weighted by Crippen LogP contribution is -2.48. The first-order valence-electron chi connectivity index (χ1n) is 6.97. The van der Waals surface area contributed by atoms with Crippen molar-refractivity contribution in [3.05, 3.63) is 45.5 Å². The van der Waals surface area contributed by atoms with Crippen LogP contribution in [-0.4, -0.2) is 26.8 Å². The highest BCUT2D eigenvalue weighted by atomic mass is 79.9. The second-order valence-corrected chi connectivity index (χ2v) is 8.16. The zero-order valence-electron chi connectivity index (χ0n) is 13.3. The van der Waals surface area contributed by atoms with Crippen LogP contribution in [0.1, 0.15) is 33.3 Å². The summed E-state index contributed by atoms with van der Waals surface area (Å²) in [4.78, 5) is 17.4. The molecule has 0 bridgehead atoms. The average molecular weight is 401 g/mol. The van der Waals surface area contributed by atoms with E-state index >= 15 is 0 Å². The van der Waals surface area contributed by atoms with Crippen LogP contribution < -0.4 is 0 Å². The Bertz CT molecular complexity index is 700. The zero-order valence-corrected chi connectivity index (χ0v) is 15.7. The monoisotopic (exact) mass is 400 g/mol. The van der Waals surface area contributed by atoms with Crippen molar-refractivity contribution >= 4 is 39.0 Å². The summed E-state index contributed by atoms with van der Waals surface area (Å²) < 4.78 is 15.0. The molecule has 1 unspecified atom stereocenters. The van der Waals surface area contributed by atoms with Crippen molar-refractivity contribution in [2.75, 3.05) is 0 Å². The van der Waals surface area contributed by atoms with Crippen LogP contribution in [0, 0.1) is 5.82 Å². The maximum Gasteiger partial charge on any atom is 0.413 e. The molecule has 23 heavy (non-hydrogen) atoms. The van der Waals surface area contributed by atoms with Gasteiger partial charge in [0.15, 0.2) is 5.17 Å². The van der Waals surface area contributed by atoms with Gasteiger partial charge in [0, 0.05) is 15.6 Å². The summed E-state index contributed by atoms with van der Waals surface area (Å²) in [7, 11) is 0. The molecule has 0 aliphatic carbocycles. The number of thioether (sulfide) groups is 1. The van der Waals surface area contributed by atoms with Crippen LogP contribution in [0.4, 0.5) is 9.18 Å². The van der Waals surface area contributed by atoms with Crippen LogP contribution in [0.5, 0.6) is 0 Å². The minimum absolute atomic E-state index is 0.328. The van der Waals surface area contributed by atoms with Gasteiger partial charge in [-0.15, -0.1) is 0 Å². The normalized spacial score (nSPS) is 21.0. The first kappa shape index (κ1) is 18.0. The fourth-order valence-electron chi connectivity index (χ4n) is 2.28. The number of rotatable bonds is 1. The van der Waals surface area contributed by atoms with Gasteiger partial charge in [-0.1, -0.05) is 27.7 Å². The molecular formula is C16H18BrFN2O2S. The standard InChI is InChI=1S/C16H18BrFN2O2S/c1-15(2,3)20(14(21)22)13-19-16(4,7-8-23-13)11-9-10(17)5-6-12(11)18/h5-9H,1-4H3,(H,21,22). The van der Waals surface area contributed by atoms with Gasteiger partial charge in [0.05, 0.1) is 0 Å². The SMILES string of the molecule is CC1(c2cc(Br)ccc2F)C=CSC(N(C(=O)O)C(C)(C)C)=N1. The number of nitrogens with zero attached hydrogens (tertiary/aromatic N) is 2. The van der Waals surface area contributed by atoms with Gasteiger partial charge in [0.25, 0.3) is 0 Å². The van der Waals surface area contributed by atoms with Gasteiger partial charge in [0.2, 0.25) is 0 Å².